The molecule has 1 fully saturated rings. The van der Waals surface area contributed by atoms with Gasteiger partial charge < -0.3 is 0 Å². The first-order valence-corrected chi connectivity index (χ1v) is 14.9. The normalized spacial score (nSPS) is 17.8. The van der Waals surface area contributed by atoms with Crippen LogP contribution in [0.15, 0.2) is 0 Å². The molecule has 0 heterocycles. The minimum atomic E-state index is 1.06. The second-order valence-electron chi connectivity index (χ2n) is 10.7. The van der Waals surface area contributed by atoms with Gasteiger partial charge in [0.25, 0.3) is 0 Å². The summed E-state index contributed by atoms with van der Waals surface area (Å²) in [5.74, 6) is 2.12. The molecule has 1 atom stereocenters. The van der Waals surface area contributed by atoms with Crippen LogP contribution in [0.1, 0.15) is 181 Å². The van der Waals surface area contributed by atoms with Crippen molar-refractivity contribution in [2.45, 2.75) is 181 Å². The van der Waals surface area contributed by atoms with E-state index in [0.717, 1.165) is 11.8 Å². The van der Waals surface area contributed by atoms with E-state index in [2.05, 4.69) is 13.8 Å². The standard InChI is InChI=1S/C30H60/c1-3-5-7-9-10-11-12-14-18-22-26-29(25-21-17-8-6-4-2)30-27-23-19-15-13-16-20-24-28-30/h29-30H,3-28H2,1-2H3. The number of rotatable bonds is 18. The zero-order chi connectivity index (χ0) is 21.5. The lowest BCUT2D eigenvalue weighted by molar-refractivity contribution is 0.233. The smallest absolute Gasteiger partial charge is 0.0386 e. The van der Waals surface area contributed by atoms with Crippen LogP contribution in [0.5, 0.6) is 0 Å². The highest BCUT2D eigenvalue weighted by Gasteiger charge is 2.21. The third-order valence-corrected chi connectivity index (χ3v) is 7.92. The molecule has 0 aliphatic heterocycles. The molecule has 1 saturated carbocycles. The molecule has 0 bridgehead atoms. The van der Waals surface area contributed by atoms with Crippen molar-refractivity contribution in [3.05, 3.63) is 0 Å². The number of hydrogen-bond acceptors (Lipinski definition) is 0. The Balaban J connectivity index is 2.27. The average Bonchev–Trinajstić information content (AvgIpc) is 2.77. The Morgan fingerprint density at radius 3 is 1.17 bits per heavy atom. The van der Waals surface area contributed by atoms with Crippen LogP contribution in [0.25, 0.3) is 0 Å². The molecule has 0 aromatic carbocycles. The van der Waals surface area contributed by atoms with Gasteiger partial charge in [-0.1, -0.05) is 181 Å². The summed E-state index contributed by atoms with van der Waals surface area (Å²) in [5.41, 5.74) is 0. The van der Waals surface area contributed by atoms with Gasteiger partial charge in [0.15, 0.2) is 0 Å². The molecule has 0 amide bonds. The van der Waals surface area contributed by atoms with Crippen molar-refractivity contribution in [2.24, 2.45) is 11.8 Å². The van der Waals surface area contributed by atoms with Gasteiger partial charge in [-0.25, -0.2) is 0 Å². The SMILES string of the molecule is CCCCCCCCCCCCC(CCCCCCC)C1CCCCCCCCC1. The van der Waals surface area contributed by atoms with Crippen LogP contribution in [0.3, 0.4) is 0 Å². The second kappa shape index (κ2) is 22.2. The molecule has 0 saturated heterocycles. The molecule has 0 N–H and O–H groups in total. The minimum absolute atomic E-state index is 1.06. The molecular weight excluding hydrogens is 360 g/mol. The molecule has 0 radical (unpaired) electrons. The predicted octanol–water partition coefficient (Wildman–Crippen LogP) is 11.4. The van der Waals surface area contributed by atoms with E-state index >= 15 is 0 Å². The summed E-state index contributed by atoms with van der Waals surface area (Å²) >= 11 is 0. The molecular formula is C30H60. The summed E-state index contributed by atoms with van der Waals surface area (Å²) in [5, 5.41) is 0. The van der Waals surface area contributed by atoms with Crippen molar-refractivity contribution in [1.29, 1.82) is 0 Å². The molecule has 180 valence electrons. The Labute approximate surface area is 192 Å². The van der Waals surface area contributed by atoms with Crippen molar-refractivity contribution in [3.8, 4) is 0 Å². The van der Waals surface area contributed by atoms with Gasteiger partial charge in [-0.15, -0.1) is 0 Å². The molecule has 0 aromatic rings. The quantitative estimate of drug-likeness (QED) is 0.193. The van der Waals surface area contributed by atoms with Crippen LogP contribution in [-0.4, -0.2) is 0 Å². The van der Waals surface area contributed by atoms with Gasteiger partial charge in [0.2, 0.25) is 0 Å². The molecule has 0 nitrogen and oxygen atoms in total. The first-order valence-electron chi connectivity index (χ1n) is 14.9. The fraction of sp³-hybridized carbons (Fsp3) is 1.00. The lowest BCUT2D eigenvalue weighted by atomic mass is 9.77. The molecule has 0 spiro atoms. The van der Waals surface area contributed by atoms with Gasteiger partial charge in [-0.2, -0.15) is 0 Å². The van der Waals surface area contributed by atoms with Gasteiger partial charge in [0.05, 0.1) is 0 Å². The maximum absolute atomic E-state index is 2.34. The average molecular weight is 421 g/mol. The van der Waals surface area contributed by atoms with E-state index in [9.17, 15) is 0 Å². The third kappa shape index (κ3) is 16.7. The summed E-state index contributed by atoms with van der Waals surface area (Å²) in [6.07, 6.45) is 38.9. The van der Waals surface area contributed by atoms with E-state index in [1.54, 1.807) is 25.7 Å². The van der Waals surface area contributed by atoms with Gasteiger partial charge in [0.1, 0.15) is 0 Å². The van der Waals surface area contributed by atoms with Crippen LogP contribution < -0.4 is 0 Å². The summed E-state index contributed by atoms with van der Waals surface area (Å²) in [6.45, 7) is 4.66. The van der Waals surface area contributed by atoms with Crippen LogP contribution in [0, 0.1) is 11.8 Å². The zero-order valence-corrected chi connectivity index (χ0v) is 21.5. The van der Waals surface area contributed by atoms with E-state index in [0.29, 0.717) is 0 Å². The zero-order valence-electron chi connectivity index (χ0n) is 21.5. The van der Waals surface area contributed by atoms with E-state index < -0.39 is 0 Å². The summed E-state index contributed by atoms with van der Waals surface area (Å²) in [6, 6.07) is 0. The molecule has 0 heteroatoms. The van der Waals surface area contributed by atoms with E-state index in [1.807, 2.05) is 0 Å². The molecule has 0 aromatic heterocycles. The van der Waals surface area contributed by atoms with Crippen molar-refractivity contribution in [3.63, 3.8) is 0 Å². The summed E-state index contributed by atoms with van der Waals surface area (Å²) < 4.78 is 0. The summed E-state index contributed by atoms with van der Waals surface area (Å²) in [4.78, 5) is 0. The van der Waals surface area contributed by atoms with Crippen molar-refractivity contribution >= 4 is 0 Å². The van der Waals surface area contributed by atoms with Crippen molar-refractivity contribution in [1.82, 2.24) is 0 Å². The minimum Gasteiger partial charge on any atom is -0.0654 e. The first-order chi connectivity index (χ1) is 14.9. The third-order valence-electron chi connectivity index (χ3n) is 7.92. The second-order valence-corrected chi connectivity index (χ2v) is 10.7. The van der Waals surface area contributed by atoms with Crippen LogP contribution in [0.2, 0.25) is 0 Å². The lowest BCUT2D eigenvalue weighted by Crippen LogP contribution is -2.16. The highest BCUT2D eigenvalue weighted by Crippen LogP contribution is 2.34. The van der Waals surface area contributed by atoms with E-state index in [1.165, 1.54) is 141 Å². The number of hydrogen-bond donors (Lipinski definition) is 0. The molecule has 1 aliphatic rings. The fourth-order valence-corrected chi connectivity index (χ4v) is 5.83. The predicted molar refractivity (Wildman–Crippen MR) is 138 cm³/mol. The van der Waals surface area contributed by atoms with E-state index in [4.69, 9.17) is 0 Å². The monoisotopic (exact) mass is 420 g/mol. The molecule has 30 heavy (non-hydrogen) atoms. The maximum Gasteiger partial charge on any atom is -0.0386 e. The topological polar surface area (TPSA) is 0 Å². The largest absolute Gasteiger partial charge is 0.0654 e. The Morgan fingerprint density at radius 1 is 0.433 bits per heavy atom. The van der Waals surface area contributed by atoms with Crippen molar-refractivity contribution in [2.75, 3.05) is 0 Å². The highest BCUT2D eigenvalue weighted by atomic mass is 14.3. The Hall–Kier alpha value is 0. The Morgan fingerprint density at radius 2 is 0.767 bits per heavy atom. The maximum atomic E-state index is 2.34. The number of unbranched alkanes of at least 4 members (excludes halogenated alkanes) is 13. The first kappa shape index (κ1) is 28.0. The Bertz CT molecular complexity index is 310. The van der Waals surface area contributed by atoms with Gasteiger partial charge in [-0.3, -0.25) is 0 Å². The summed E-state index contributed by atoms with van der Waals surface area (Å²) in [7, 11) is 0. The van der Waals surface area contributed by atoms with Gasteiger partial charge in [-0.05, 0) is 11.8 Å². The lowest BCUT2D eigenvalue weighted by Gasteiger charge is -2.28. The Kier molecular flexibility index (Phi) is 20.7. The molecule has 1 aliphatic carbocycles. The van der Waals surface area contributed by atoms with Gasteiger partial charge in [0, 0.05) is 0 Å². The highest BCUT2D eigenvalue weighted by molar-refractivity contribution is 4.73. The van der Waals surface area contributed by atoms with Crippen LogP contribution in [-0.2, 0) is 0 Å². The van der Waals surface area contributed by atoms with Crippen LogP contribution >= 0.6 is 0 Å². The van der Waals surface area contributed by atoms with Crippen molar-refractivity contribution < 1.29 is 0 Å². The molecule has 1 unspecified atom stereocenters. The van der Waals surface area contributed by atoms with Gasteiger partial charge >= 0.3 is 0 Å². The fourth-order valence-electron chi connectivity index (χ4n) is 5.83. The van der Waals surface area contributed by atoms with E-state index in [-0.39, 0.29) is 0 Å². The van der Waals surface area contributed by atoms with Crippen LogP contribution in [0.4, 0.5) is 0 Å². The molecule has 1 rings (SSSR count).